The van der Waals surface area contributed by atoms with Gasteiger partial charge in [-0.25, -0.2) is 9.48 Å². The number of nitrogens with zero attached hydrogens (tertiary/aromatic N) is 3. The Balaban J connectivity index is 2.13. The van der Waals surface area contributed by atoms with Crippen molar-refractivity contribution >= 4 is 11.9 Å². The monoisotopic (exact) mass is 323 g/mol. The zero-order chi connectivity index (χ0) is 17.0. The molecule has 0 bridgehead atoms. The van der Waals surface area contributed by atoms with Crippen LogP contribution in [0.5, 0.6) is 0 Å². The van der Waals surface area contributed by atoms with E-state index in [-0.39, 0.29) is 17.7 Å². The van der Waals surface area contributed by atoms with Crippen LogP contribution >= 0.6 is 0 Å². The van der Waals surface area contributed by atoms with E-state index < -0.39 is 17.9 Å². The Labute approximate surface area is 136 Å². The Kier molecular flexibility index (Phi) is 5.70. The molecule has 1 fully saturated rings. The predicted molar refractivity (Wildman–Crippen MR) is 84.0 cm³/mol. The van der Waals surface area contributed by atoms with Crippen LogP contribution < -0.4 is 10.6 Å². The molecule has 0 aromatic carbocycles. The van der Waals surface area contributed by atoms with Crippen molar-refractivity contribution in [2.45, 2.75) is 45.7 Å². The molecule has 1 aromatic heterocycles. The van der Waals surface area contributed by atoms with Crippen molar-refractivity contribution in [3.63, 3.8) is 0 Å². The fraction of sp³-hybridized carbons (Fsp3) is 0.733. The summed E-state index contributed by atoms with van der Waals surface area (Å²) in [6, 6.07) is -0.442. The van der Waals surface area contributed by atoms with E-state index in [1.807, 2.05) is 25.5 Å². The number of ether oxygens (including phenoxy) is 1. The molecule has 128 valence electrons. The van der Waals surface area contributed by atoms with Gasteiger partial charge in [-0.2, -0.15) is 0 Å². The number of piperidine rings is 1. The number of amides is 1. The van der Waals surface area contributed by atoms with Crippen LogP contribution in [-0.4, -0.2) is 53.1 Å². The normalized spacial score (nSPS) is 17.1. The third-order valence-corrected chi connectivity index (χ3v) is 4.21. The number of esters is 1. The number of hydrogen-bond donors (Lipinski definition) is 2. The lowest BCUT2D eigenvalue weighted by Crippen LogP contribution is -2.45. The van der Waals surface area contributed by atoms with Crippen LogP contribution in [0.25, 0.3) is 0 Å². The van der Waals surface area contributed by atoms with Crippen LogP contribution in [0.2, 0.25) is 0 Å². The van der Waals surface area contributed by atoms with Crippen molar-refractivity contribution < 1.29 is 14.3 Å². The maximum Gasteiger partial charge on any atom is 0.328 e. The highest BCUT2D eigenvalue weighted by Crippen LogP contribution is 2.20. The van der Waals surface area contributed by atoms with Gasteiger partial charge in [0, 0.05) is 0 Å². The van der Waals surface area contributed by atoms with Gasteiger partial charge in [0.05, 0.1) is 18.8 Å². The van der Waals surface area contributed by atoms with Gasteiger partial charge in [-0.15, -0.1) is 5.10 Å². The molecule has 23 heavy (non-hydrogen) atoms. The average molecular weight is 323 g/mol. The molecular weight excluding hydrogens is 298 g/mol. The number of hydrogen-bond acceptors (Lipinski definition) is 6. The first-order chi connectivity index (χ1) is 11.0. The van der Waals surface area contributed by atoms with E-state index in [0.717, 1.165) is 31.6 Å². The molecule has 1 atom stereocenters. The molecule has 0 saturated carbocycles. The molecule has 0 radical (unpaired) electrons. The third-order valence-electron chi connectivity index (χ3n) is 4.21. The van der Waals surface area contributed by atoms with Crippen molar-refractivity contribution in [3.05, 3.63) is 11.4 Å². The molecule has 1 saturated heterocycles. The summed E-state index contributed by atoms with van der Waals surface area (Å²) in [5.41, 5.74) is 0.986. The van der Waals surface area contributed by atoms with Crippen molar-refractivity contribution in [1.82, 2.24) is 25.6 Å². The lowest BCUT2D eigenvalue weighted by Gasteiger charge is -2.23. The minimum absolute atomic E-state index is 0.0776. The van der Waals surface area contributed by atoms with Gasteiger partial charge in [-0.3, -0.25) is 4.79 Å². The smallest absolute Gasteiger partial charge is 0.328 e. The molecule has 2 heterocycles. The molecule has 1 aliphatic rings. The van der Waals surface area contributed by atoms with Gasteiger partial charge in [0.25, 0.3) is 5.91 Å². The Morgan fingerprint density at radius 3 is 2.57 bits per heavy atom. The van der Waals surface area contributed by atoms with Crippen molar-refractivity contribution in [2.24, 2.45) is 5.92 Å². The molecule has 0 spiro atoms. The van der Waals surface area contributed by atoms with E-state index in [2.05, 4.69) is 20.9 Å². The molecule has 0 aliphatic carbocycles. The van der Waals surface area contributed by atoms with Gasteiger partial charge in [0.2, 0.25) is 0 Å². The number of nitrogens with one attached hydrogen (secondary N) is 2. The summed E-state index contributed by atoms with van der Waals surface area (Å²) in [6.07, 6.45) is 1.92. The quantitative estimate of drug-likeness (QED) is 0.763. The van der Waals surface area contributed by atoms with Crippen LogP contribution in [-0.2, 0) is 9.53 Å². The molecule has 2 N–H and O–H groups in total. The highest BCUT2D eigenvalue weighted by Gasteiger charge is 2.28. The van der Waals surface area contributed by atoms with Gasteiger partial charge in [-0.1, -0.05) is 19.1 Å². The van der Waals surface area contributed by atoms with E-state index in [0.29, 0.717) is 0 Å². The summed E-state index contributed by atoms with van der Waals surface area (Å²) in [5.74, 6) is -0.935. The number of rotatable bonds is 5. The fourth-order valence-electron chi connectivity index (χ4n) is 2.78. The maximum atomic E-state index is 12.4. The topological polar surface area (TPSA) is 98.1 Å². The zero-order valence-corrected chi connectivity index (χ0v) is 14.1. The Morgan fingerprint density at radius 1 is 1.35 bits per heavy atom. The molecule has 8 heteroatoms. The highest BCUT2D eigenvalue weighted by molar-refractivity contribution is 5.96. The Morgan fingerprint density at radius 2 is 2.00 bits per heavy atom. The van der Waals surface area contributed by atoms with Crippen molar-refractivity contribution in [1.29, 1.82) is 0 Å². The van der Waals surface area contributed by atoms with E-state index in [9.17, 15) is 9.59 Å². The summed E-state index contributed by atoms with van der Waals surface area (Å²) >= 11 is 0. The van der Waals surface area contributed by atoms with Crippen molar-refractivity contribution in [3.8, 4) is 0 Å². The summed E-state index contributed by atoms with van der Waals surface area (Å²) < 4.78 is 6.56. The number of methoxy groups -OCH3 is 1. The second kappa shape index (κ2) is 7.54. The summed E-state index contributed by atoms with van der Waals surface area (Å²) in [7, 11) is 1.31. The van der Waals surface area contributed by atoms with E-state index in [1.165, 1.54) is 7.11 Å². The fourth-order valence-corrected chi connectivity index (χ4v) is 2.78. The van der Waals surface area contributed by atoms with E-state index in [4.69, 9.17) is 4.74 Å². The summed E-state index contributed by atoms with van der Waals surface area (Å²) in [6.45, 7) is 7.40. The van der Waals surface area contributed by atoms with Crippen LogP contribution in [0.1, 0.15) is 48.9 Å². The van der Waals surface area contributed by atoms with Crippen LogP contribution in [0.4, 0.5) is 0 Å². The van der Waals surface area contributed by atoms with Crippen LogP contribution in [0.15, 0.2) is 0 Å². The average Bonchev–Trinajstić information content (AvgIpc) is 2.94. The minimum Gasteiger partial charge on any atom is -0.467 e. The SMILES string of the molecule is COC(=O)C(NC(=O)c1nnn(C2CCNCC2)c1C)C(C)C. The first-order valence-electron chi connectivity index (χ1n) is 7.97. The number of carbonyl (C=O) groups excluding carboxylic acids is 2. The molecule has 1 unspecified atom stereocenters. The minimum atomic E-state index is -0.698. The molecule has 1 amide bonds. The zero-order valence-electron chi connectivity index (χ0n) is 14.1. The highest BCUT2D eigenvalue weighted by atomic mass is 16.5. The molecule has 2 rings (SSSR count). The largest absolute Gasteiger partial charge is 0.467 e. The van der Waals surface area contributed by atoms with E-state index >= 15 is 0 Å². The number of aromatic nitrogens is 3. The second-order valence-corrected chi connectivity index (χ2v) is 6.17. The standard InChI is InChI=1S/C15H25N5O3/c1-9(2)12(15(22)23-4)17-14(21)13-10(3)20(19-18-13)11-5-7-16-8-6-11/h9,11-12,16H,5-8H2,1-4H3,(H,17,21). The van der Waals surface area contributed by atoms with Gasteiger partial charge < -0.3 is 15.4 Å². The van der Waals surface area contributed by atoms with E-state index in [1.54, 1.807) is 0 Å². The lowest BCUT2D eigenvalue weighted by atomic mass is 10.0. The number of carbonyl (C=O) groups is 2. The second-order valence-electron chi connectivity index (χ2n) is 6.17. The first kappa shape index (κ1) is 17.4. The molecule has 8 nitrogen and oxygen atoms in total. The van der Waals surface area contributed by atoms with Crippen molar-refractivity contribution in [2.75, 3.05) is 20.2 Å². The predicted octanol–water partition coefficient (Wildman–Crippen LogP) is 0.438. The third kappa shape index (κ3) is 3.87. The van der Waals surface area contributed by atoms with Gasteiger partial charge in [0.1, 0.15) is 6.04 Å². The van der Waals surface area contributed by atoms with Crippen LogP contribution in [0, 0.1) is 12.8 Å². The molecule has 1 aliphatic heterocycles. The Bertz CT molecular complexity index is 563. The van der Waals surface area contributed by atoms with Crippen LogP contribution in [0.3, 0.4) is 0 Å². The van der Waals surface area contributed by atoms with Gasteiger partial charge in [0.15, 0.2) is 5.69 Å². The summed E-state index contributed by atoms with van der Waals surface area (Å²) in [5, 5.41) is 14.2. The van der Waals surface area contributed by atoms with Gasteiger partial charge >= 0.3 is 5.97 Å². The first-order valence-corrected chi connectivity index (χ1v) is 7.97. The Hall–Kier alpha value is -1.96. The molecule has 1 aromatic rings. The van der Waals surface area contributed by atoms with Gasteiger partial charge in [-0.05, 0) is 38.8 Å². The summed E-state index contributed by atoms with van der Waals surface area (Å²) in [4.78, 5) is 24.2. The maximum absolute atomic E-state index is 12.4. The molecular formula is C15H25N5O3. The lowest BCUT2D eigenvalue weighted by molar-refractivity contribution is -0.144.